The monoisotopic (exact) mass is 286 g/mol. The van der Waals surface area contributed by atoms with Crippen molar-refractivity contribution in [3.8, 4) is 0 Å². The molecule has 0 aliphatic heterocycles. The molecule has 0 spiro atoms. The number of nitrogens with zero attached hydrogens (tertiary/aromatic N) is 1. The molecule has 1 aromatic heterocycles. The molecule has 0 atom stereocenters. The second kappa shape index (κ2) is 7.43. The number of furan rings is 1. The van der Waals surface area contributed by atoms with E-state index in [9.17, 15) is 0 Å². The fourth-order valence-electron chi connectivity index (χ4n) is 2.49. The number of rotatable bonds is 8. The van der Waals surface area contributed by atoms with Gasteiger partial charge in [-0.05, 0) is 25.6 Å². The van der Waals surface area contributed by atoms with Crippen LogP contribution in [0.15, 0.2) is 41.3 Å². The van der Waals surface area contributed by atoms with Gasteiger partial charge in [-0.3, -0.25) is 4.90 Å². The third kappa shape index (κ3) is 4.19. The summed E-state index contributed by atoms with van der Waals surface area (Å²) in [7, 11) is 2.11. The average Bonchev–Trinajstić information content (AvgIpc) is 2.77. The van der Waals surface area contributed by atoms with Crippen molar-refractivity contribution in [2.45, 2.75) is 26.9 Å². The maximum absolute atomic E-state index is 6.05. The molecule has 114 valence electrons. The van der Waals surface area contributed by atoms with Crippen LogP contribution in [0.5, 0.6) is 0 Å². The number of likely N-dealkylation sites (N-methyl/N-ethyl adjacent to an activating group) is 1. The lowest BCUT2D eigenvalue weighted by Crippen LogP contribution is -2.21. The first-order valence-corrected chi connectivity index (χ1v) is 7.61. The van der Waals surface area contributed by atoms with Crippen LogP contribution in [-0.2, 0) is 13.1 Å². The second-order valence-electron chi connectivity index (χ2n) is 6.01. The molecule has 0 amide bonds. The first-order valence-electron chi connectivity index (χ1n) is 7.61. The second-order valence-corrected chi connectivity index (χ2v) is 6.01. The number of fused-ring (bicyclic) bond motifs is 1. The quantitative estimate of drug-likeness (QED) is 0.748. The first kappa shape index (κ1) is 15.8. The van der Waals surface area contributed by atoms with E-state index in [0.717, 1.165) is 37.5 Å². The lowest BCUT2D eigenvalue weighted by Gasteiger charge is -2.15. The summed E-state index contributed by atoms with van der Waals surface area (Å²) in [6.07, 6.45) is 1.93. The molecule has 21 heavy (non-hydrogen) atoms. The first-order chi connectivity index (χ1) is 10.1. The van der Waals surface area contributed by atoms with Crippen LogP contribution in [0.2, 0.25) is 0 Å². The van der Waals surface area contributed by atoms with Gasteiger partial charge in [-0.25, -0.2) is 0 Å². The van der Waals surface area contributed by atoms with Crippen molar-refractivity contribution >= 4 is 11.0 Å². The van der Waals surface area contributed by atoms with Gasteiger partial charge in [0.25, 0.3) is 0 Å². The normalized spacial score (nSPS) is 11.7. The summed E-state index contributed by atoms with van der Waals surface area (Å²) in [6, 6.07) is 8.27. The Hall–Kier alpha value is -1.58. The Morgan fingerprint density at radius 3 is 2.81 bits per heavy atom. The van der Waals surface area contributed by atoms with Gasteiger partial charge < -0.3 is 9.73 Å². The predicted molar refractivity (Wildman–Crippen MR) is 89.3 cm³/mol. The predicted octanol–water partition coefficient (Wildman–Crippen LogP) is 3.80. The van der Waals surface area contributed by atoms with Gasteiger partial charge in [0, 0.05) is 24.0 Å². The Labute approximate surface area is 127 Å². The van der Waals surface area contributed by atoms with E-state index in [1.165, 1.54) is 10.9 Å². The molecule has 0 aliphatic rings. The molecule has 2 rings (SSSR count). The maximum atomic E-state index is 6.05. The molecule has 0 saturated heterocycles. The minimum Gasteiger partial charge on any atom is -0.459 e. The SMILES string of the molecule is C=CCN(C)Cc1c(CNCC(C)C)oc2ccccc12. The standard InChI is InChI=1S/C18H26N2O/c1-5-10-20(4)13-16-15-8-6-7-9-17(15)21-18(16)12-19-11-14(2)3/h5-9,14,19H,1,10-13H2,2-4H3. The number of hydrogen-bond donors (Lipinski definition) is 1. The lowest BCUT2D eigenvalue weighted by molar-refractivity contribution is 0.358. The minimum absolute atomic E-state index is 0.640. The summed E-state index contributed by atoms with van der Waals surface area (Å²) in [6.45, 7) is 11.8. The Morgan fingerprint density at radius 1 is 1.33 bits per heavy atom. The topological polar surface area (TPSA) is 28.4 Å². The zero-order valence-corrected chi connectivity index (χ0v) is 13.4. The zero-order chi connectivity index (χ0) is 15.2. The average molecular weight is 286 g/mol. The van der Waals surface area contributed by atoms with Crippen molar-refractivity contribution < 1.29 is 4.42 Å². The molecule has 0 radical (unpaired) electrons. The molecule has 3 nitrogen and oxygen atoms in total. The van der Waals surface area contributed by atoms with Crippen molar-refractivity contribution in [2.75, 3.05) is 20.1 Å². The third-order valence-electron chi connectivity index (χ3n) is 3.49. The molecule has 0 saturated carbocycles. The van der Waals surface area contributed by atoms with Crippen molar-refractivity contribution in [1.82, 2.24) is 10.2 Å². The molecule has 2 aromatic rings. The highest BCUT2D eigenvalue weighted by molar-refractivity contribution is 5.82. The molecule has 3 heteroatoms. The van der Waals surface area contributed by atoms with E-state index in [4.69, 9.17) is 4.42 Å². The van der Waals surface area contributed by atoms with Crippen LogP contribution in [0.4, 0.5) is 0 Å². The smallest absolute Gasteiger partial charge is 0.134 e. The molecule has 0 aliphatic carbocycles. The third-order valence-corrected chi connectivity index (χ3v) is 3.49. The molecular weight excluding hydrogens is 260 g/mol. The van der Waals surface area contributed by atoms with Crippen LogP contribution in [0, 0.1) is 5.92 Å². The molecule has 1 heterocycles. The van der Waals surface area contributed by atoms with Gasteiger partial charge in [-0.2, -0.15) is 0 Å². The Morgan fingerprint density at radius 2 is 2.10 bits per heavy atom. The highest BCUT2D eigenvalue weighted by Gasteiger charge is 2.15. The Bertz CT molecular complexity index is 586. The van der Waals surface area contributed by atoms with Gasteiger partial charge in [0.2, 0.25) is 0 Å². The van der Waals surface area contributed by atoms with Crippen LogP contribution in [0.3, 0.4) is 0 Å². The molecule has 1 aromatic carbocycles. The van der Waals surface area contributed by atoms with Crippen LogP contribution >= 0.6 is 0 Å². The molecule has 0 unspecified atom stereocenters. The van der Waals surface area contributed by atoms with Crippen LogP contribution < -0.4 is 5.32 Å². The van der Waals surface area contributed by atoms with Crippen molar-refractivity contribution in [3.05, 3.63) is 48.2 Å². The Kier molecular flexibility index (Phi) is 5.59. The van der Waals surface area contributed by atoms with E-state index in [0.29, 0.717) is 5.92 Å². The van der Waals surface area contributed by atoms with Crippen molar-refractivity contribution in [1.29, 1.82) is 0 Å². The van der Waals surface area contributed by atoms with E-state index in [-0.39, 0.29) is 0 Å². The summed E-state index contributed by atoms with van der Waals surface area (Å²) in [4.78, 5) is 2.25. The van der Waals surface area contributed by atoms with Crippen LogP contribution in [0.1, 0.15) is 25.2 Å². The molecule has 0 bridgehead atoms. The minimum atomic E-state index is 0.640. The summed E-state index contributed by atoms with van der Waals surface area (Å²) in [5.74, 6) is 1.69. The zero-order valence-electron chi connectivity index (χ0n) is 13.4. The summed E-state index contributed by atoms with van der Waals surface area (Å²) < 4.78 is 6.05. The number of hydrogen-bond acceptors (Lipinski definition) is 3. The molecule has 1 N–H and O–H groups in total. The Balaban J connectivity index is 2.23. The van der Waals surface area contributed by atoms with E-state index < -0.39 is 0 Å². The van der Waals surface area contributed by atoms with Gasteiger partial charge in [0.1, 0.15) is 11.3 Å². The van der Waals surface area contributed by atoms with E-state index in [2.05, 4.69) is 49.8 Å². The number of para-hydroxylation sites is 1. The molecular formula is C18H26N2O. The number of benzene rings is 1. The highest BCUT2D eigenvalue weighted by Crippen LogP contribution is 2.27. The number of nitrogens with one attached hydrogen (secondary N) is 1. The van der Waals surface area contributed by atoms with Gasteiger partial charge in [-0.1, -0.05) is 38.1 Å². The van der Waals surface area contributed by atoms with Gasteiger partial charge in [-0.15, -0.1) is 6.58 Å². The van der Waals surface area contributed by atoms with Crippen LogP contribution in [-0.4, -0.2) is 25.0 Å². The lowest BCUT2D eigenvalue weighted by atomic mass is 10.1. The summed E-state index contributed by atoms with van der Waals surface area (Å²) in [5.41, 5.74) is 2.26. The summed E-state index contributed by atoms with van der Waals surface area (Å²) in [5, 5.41) is 4.69. The summed E-state index contributed by atoms with van der Waals surface area (Å²) >= 11 is 0. The van der Waals surface area contributed by atoms with E-state index in [1.807, 2.05) is 18.2 Å². The highest BCUT2D eigenvalue weighted by atomic mass is 16.3. The van der Waals surface area contributed by atoms with Gasteiger partial charge >= 0.3 is 0 Å². The molecule has 0 fully saturated rings. The van der Waals surface area contributed by atoms with E-state index >= 15 is 0 Å². The van der Waals surface area contributed by atoms with Crippen molar-refractivity contribution in [3.63, 3.8) is 0 Å². The fourth-order valence-corrected chi connectivity index (χ4v) is 2.49. The van der Waals surface area contributed by atoms with Gasteiger partial charge in [0.05, 0.1) is 6.54 Å². The maximum Gasteiger partial charge on any atom is 0.134 e. The fraction of sp³-hybridized carbons (Fsp3) is 0.444. The van der Waals surface area contributed by atoms with Gasteiger partial charge in [0.15, 0.2) is 0 Å². The van der Waals surface area contributed by atoms with E-state index in [1.54, 1.807) is 0 Å². The van der Waals surface area contributed by atoms with Crippen LogP contribution in [0.25, 0.3) is 11.0 Å². The van der Waals surface area contributed by atoms with Crippen molar-refractivity contribution in [2.24, 2.45) is 5.92 Å². The largest absolute Gasteiger partial charge is 0.459 e.